The van der Waals surface area contributed by atoms with Gasteiger partial charge in [0.05, 0.1) is 12.2 Å². The lowest BCUT2D eigenvalue weighted by molar-refractivity contribution is -0.0132. The third-order valence-electron chi connectivity index (χ3n) is 4.64. The molecule has 21 heavy (non-hydrogen) atoms. The fourth-order valence-corrected chi connectivity index (χ4v) is 3.32. The van der Waals surface area contributed by atoms with Crippen molar-refractivity contribution in [3.63, 3.8) is 0 Å². The van der Waals surface area contributed by atoms with Gasteiger partial charge in [-0.3, -0.25) is 10.2 Å². The summed E-state index contributed by atoms with van der Waals surface area (Å²) >= 11 is 0. The van der Waals surface area contributed by atoms with Crippen LogP contribution in [0.5, 0.6) is 0 Å². The van der Waals surface area contributed by atoms with Crippen LogP contribution in [0, 0.1) is 11.3 Å². The van der Waals surface area contributed by atoms with E-state index in [1.54, 1.807) is 0 Å². The van der Waals surface area contributed by atoms with Gasteiger partial charge in [-0.25, -0.2) is 0 Å². The first-order valence-corrected chi connectivity index (χ1v) is 8.61. The summed E-state index contributed by atoms with van der Waals surface area (Å²) in [6, 6.07) is 3.49. The van der Waals surface area contributed by atoms with Crippen LogP contribution >= 0.6 is 0 Å². The first-order chi connectivity index (χ1) is 10.1. The van der Waals surface area contributed by atoms with Gasteiger partial charge >= 0.3 is 0 Å². The van der Waals surface area contributed by atoms with E-state index in [2.05, 4.69) is 37.1 Å². The molecule has 4 heteroatoms. The van der Waals surface area contributed by atoms with Gasteiger partial charge in [0.15, 0.2) is 0 Å². The van der Waals surface area contributed by atoms with Gasteiger partial charge in [-0.15, -0.1) is 0 Å². The average molecular weight is 293 g/mol. The van der Waals surface area contributed by atoms with Gasteiger partial charge in [-0.2, -0.15) is 5.26 Å². The number of nitriles is 1. The predicted molar refractivity (Wildman–Crippen MR) is 85.1 cm³/mol. The minimum atomic E-state index is -0.391. The van der Waals surface area contributed by atoms with Gasteiger partial charge in [0.25, 0.3) is 0 Å². The van der Waals surface area contributed by atoms with E-state index in [0.29, 0.717) is 18.2 Å². The number of piperidine rings is 1. The van der Waals surface area contributed by atoms with E-state index in [-0.39, 0.29) is 0 Å². The molecule has 0 aromatic rings. The van der Waals surface area contributed by atoms with Gasteiger partial charge in [0, 0.05) is 25.2 Å². The van der Waals surface area contributed by atoms with Crippen molar-refractivity contribution in [3.05, 3.63) is 0 Å². The molecule has 4 nitrogen and oxygen atoms in total. The first kappa shape index (κ1) is 16.7. The zero-order valence-corrected chi connectivity index (χ0v) is 13.9. The molecule has 1 saturated carbocycles. The summed E-state index contributed by atoms with van der Waals surface area (Å²) in [7, 11) is 0. The largest absolute Gasteiger partial charge is 0.377 e. The Balaban J connectivity index is 1.83. The van der Waals surface area contributed by atoms with Gasteiger partial charge in [0.1, 0.15) is 5.54 Å². The number of ether oxygens (including phenoxy) is 1. The maximum Gasteiger partial charge on any atom is 0.105 e. The van der Waals surface area contributed by atoms with Crippen LogP contribution in [0.1, 0.15) is 59.3 Å². The lowest BCUT2D eigenvalue weighted by atomic mass is 9.93. The zero-order valence-electron chi connectivity index (χ0n) is 13.9. The van der Waals surface area contributed by atoms with E-state index in [0.717, 1.165) is 32.5 Å². The van der Waals surface area contributed by atoms with E-state index in [4.69, 9.17) is 4.74 Å². The van der Waals surface area contributed by atoms with Crippen molar-refractivity contribution in [2.45, 2.75) is 83.0 Å². The standard InChI is InChI=1S/C17H31N3O/c1-4-10-21-16-6-5-9-20(12-16)14(2)11-17(3,13-18)19-15-7-8-15/h14-16,19H,4-12H2,1-3H3. The number of likely N-dealkylation sites (tertiary alicyclic amines) is 1. The van der Waals surface area contributed by atoms with Crippen molar-refractivity contribution in [1.29, 1.82) is 5.26 Å². The molecule has 2 rings (SSSR count). The molecule has 3 unspecified atom stereocenters. The normalized spacial score (nSPS) is 27.8. The molecule has 2 aliphatic rings. The molecule has 2 fully saturated rings. The summed E-state index contributed by atoms with van der Waals surface area (Å²) in [6.45, 7) is 9.49. The predicted octanol–water partition coefficient (Wildman–Crippen LogP) is 2.69. The number of nitrogens with one attached hydrogen (secondary N) is 1. The highest BCUT2D eigenvalue weighted by Crippen LogP contribution is 2.26. The first-order valence-electron chi connectivity index (χ1n) is 8.61. The monoisotopic (exact) mass is 293 g/mol. The summed E-state index contributed by atoms with van der Waals surface area (Å²) in [5.41, 5.74) is -0.391. The Labute approximate surface area is 129 Å². The fourth-order valence-electron chi connectivity index (χ4n) is 3.32. The lowest BCUT2D eigenvalue weighted by Gasteiger charge is -2.39. The number of hydrogen-bond donors (Lipinski definition) is 1. The van der Waals surface area contributed by atoms with Crippen LogP contribution in [0.25, 0.3) is 0 Å². The average Bonchev–Trinajstić information content (AvgIpc) is 3.29. The highest BCUT2D eigenvalue weighted by molar-refractivity contribution is 5.08. The van der Waals surface area contributed by atoms with Crippen molar-refractivity contribution in [3.8, 4) is 6.07 Å². The van der Waals surface area contributed by atoms with Crippen molar-refractivity contribution in [2.24, 2.45) is 0 Å². The van der Waals surface area contributed by atoms with Crippen LogP contribution in [0.4, 0.5) is 0 Å². The van der Waals surface area contributed by atoms with Crippen LogP contribution < -0.4 is 5.32 Å². The number of nitrogens with zero attached hydrogens (tertiary/aromatic N) is 2. The summed E-state index contributed by atoms with van der Waals surface area (Å²) in [5.74, 6) is 0. The van der Waals surface area contributed by atoms with Gasteiger partial charge in [-0.1, -0.05) is 6.92 Å². The molecular weight excluding hydrogens is 262 g/mol. The minimum Gasteiger partial charge on any atom is -0.377 e. The Morgan fingerprint density at radius 1 is 1.43 bits per heavy atom. The van der Waals surface area contributed by atoms with E-state index in [9.17, 15) is 5.26 Å². The van der Waals surface area contributed by atoms with E-state index >= 15 is 0 Å². The van der Waals surface area contributed by atoms with Crippen LogP contribution in [0.3, 0.4) is 0 Å². The molecule has 0 bridgehead atoms. The summed E-state index contributed by atoms with van der Waals surface area (Å²) in [6.07, 6.45) is 7.19. The van der Waals surface area contributed by atoms with Crippen LogP contribution in [0.2, 0.25) is 0 Å². The van der Waals surface area contributed by atoms with Gasteiger partial charge in [0.2, 0.25) is 0 Å². The van der Waals surface area contributed by atoms with Gasteiger partial charge in [-0.05, 0) is 58.9 Å². The molecule has 3 atom stereocenters. The Morgan fingerprint density at radius 2 is 2.19 bits per heavy atom. The second kappa shape index (κ2) is 7.58. The summed E-state index contributed by atoms with van der Waals surface area (Å²) in [4.78, 5) is 2.51. The lowest BCUT2D eigenvalue weighted by Crippen LogP contribution is -2.51. The van der Waals surface area contributed by atoms with Crippen LogP contribution in [0.15, 0.2) is 0 Å². The third-order valence-corrected chi connectivity index (χ3v) is 4.64. The van der Waals surface area contributed by atoms with Crippen LogP contribution in [-0.2, 0) is 4.74 Å². The zero-order chi connectivity index (χ0) is 15.3. The molecule has 0 aromatic carbocycles. The van der Waals surface area contributed by atoms with Crippen LogP contribution in [-0.4, -0.2) is 48.3 Å². The highest BCUT2D eigenvalue weighted by Gasteiger charge is 2.35. The topological polar surface area (TPSA) is 48.3 Å². The molecule has 1 heterocycles. The van der Waals surface area contributed by atoms with E-state index < -0.39 is 5.54 Å². The molecule has 120 valence electrons. The minimum absolute atomic E-state index is 0.380. The molecule has 1 aliphatic carbocycles. The SMILES string of the molecule is CCCOC1CCCN(C(C)CC(C)(C#N)NC2CC2)C1. The molecule has 1 N–H and O–H groups in total. The Kier molecular flexibility index (Phi) is 6.04. The molecule has 0 spiro atoms. The molecule has 0 amide bonds. The molecular formula is C17H31N3O. The number of hydrogen-bond acceptors (Lipinski definition) is 4. The van der Waals surface area contributed by atoms with E-state index in [1.807, 2.05) is 0 Å². The molecule has 0 aromatic heterocycles. The quantitative estimate of drug-likeness (QED) is 0.747. The second-order valence-corrected chi connectivity index (χ2v) is 7.05. The molecule has 1 saturated heterocycles. The smallest absolute Gasteiger partial charge is 0.105 e. The van der Waals surface area contributed by atoms with Crippen molar-refractivity contribution in [2.75, 3.05) is 19.7 Å². The number of rotatable bonds is 8. The van der Waals surface area contributed by atoms with E-state index in [1.165, 1.54) is 25.7 Å². The Bertz CT molecular complexity index is 364. The summed E-state index contributed by atoms with van der Waals surface area (Å²) in [5, 5.41) is 13.0. The van der Waals surface area contributed by atoms with Crippen molar-refractivity contribution in [1.82, 2.24) is 10.2 Å². The second-order valence-electron chi connectivity index (χ2n) is 7.05. The Hall–Kier alpha value is -0.630. The van der Waals surface area contributed by atoms with Gasteiger partial charge < -0.3 is 4.74 Å². The molecule has 0 radical (unpaired) electrons. The molecule has 1 aliphatic heterocycles. The van der Waals surface area contributed by atoms with Crippen molar-refractivity contribution >= 4 is 0 Å². The fraction of sp³-hybridized carbons (Fsp3) is 0.941. The highest BCUT2D eigenvalue weighted by atomic mass is 16.5. The van der Waals surface area contributed by atoms with Crippen molar-refractivity contribution < 1.29 is 4.74 Å². The Morgan fingerprint density at radius 3 is 2.81 bits per heavy atom. The third kappa shape index (κ3) is 5.25. The maximum absolute atomic E-state index is 9.52. The maximum atomic E-state index is 9.52. The summed E-state index contributed by atoms with van der Waals surface area (Å²) < 4.78 is 5.92.